The standard InChI is InChI=1S/C33H65O5P/c1-2-3-4-5-6-7-11-14-17-20-23-26-31(35)27-24-21-18-15-12-9-8-10-13-16-19-22-25-28-33(37)39-38-30-32(36)29-34/h32,34,36,39H,2-30H2,1H3. The van der Waals surface area contributed by atoms with E-state index in [2.05, 4.69) is 6.92 Å². The molecule has 2 unspecified atom stereocenters. The Morgan fingerprint density at radius 3 is 1.26 bits per heavy atom. The molecular weight excluding hydrogens is 507 g/mol. The minimum Gasteiger partial charge on any atom is -0.394 e. The van der Waals surface area contributed by atoms with Crippen LogP contribution in [0.4, 0.5) is 0 Å². The van der Waals surface area contributed by atoms with Crippen LogP contribution >= 0.6 is 8.81 Å². The highest BCUT2D eigenvalue weighted by atomic mass is 31.1. The lowest BCUT2D eigenvalue weighted by Crippen LogP contribution is -2.17. The van der Waals surface area contributed by atoms with Crippen molar-refractivity contribution in [1.29, 1.82) is 0 Å². The largest absolute Gasteiger partial charge is 0.394 e. The zero-order chi connectivity index (χ0) is 28.7. The lowest BCUT2D eigenvalue weighted by atomic mass is 10.0. The molecular formula is C33H65O5P. The predicted molar refractivity (Wildman–Crippen MR) is 168 cm³/mol. The summed E-state index contributed by atoms with van der Waals surface area (Å²) < 4.78 is 5.12. The van der Waals surface area contributed by atoms with Crippen molar-refractivity contribution in [3.8, 4) is 0 Å². The van der Waals surface area contributed by atoms with Crippen molar-refractivity contribution in [1.82, 2.24) is 0 Å². The van der Waals surface area contributed by atoms with Gasteiger partial charge in [-0.1, -0.05) is 142 Å². The van der Waals surface area contributed by atoms with E-state index in [1.807, 2.05) is 0 Å². The molecule has 0 heterocycles. The van der Waals surface area contributed by atoms with Crippen molar-refractivity contribution < 1.29 is 24.3 Å². The summed E-state index contributed by atoms with van der Waals surface area (Å²) in [5.41, 5.74) is 0.103. The molecule has 0 aliphatic heterocycles. The predicted octanol–water partition coefficient (Wildman–Crippen LogP) is 9.60. The number of hydrogen-bond donors (Lipinski definition) is 2. The van der Waals surface area contributed by atoms with Gasteiger partial charge in [0.05, 0.1) is 22.0 Å². The summed E-state index contributed by atoms with van der Waals surface area (Å²) in [6.07, 6.45) is 31.9. The molecule has 0 aromatic heterocycles. The summed E-state index contributed by atoms with van der Waals surface area (Å²) in [6.45, 7) is 1.97. The van der Waals surface area contributed by atoms with Crippen LogP contribution in [-0.4, -0.2) is 40.8 Å². The van der Waals surface area contributed by atoms with Gasteiger partial charge in [0.1, 0.15) is 11.9 Å². The number of Topliss-reactive ketones (excluding diaryl/α,β-unsaturated/α-hetero) is 1. The molecule has 2 atom stereocenters. The second-order valence-electron chi connectivity index (χ2n) is 11.6. The van der Waals surface area contributed by atoms with Gasteiger partial charge in [0.2, 0.25) is 0 Å². The van der Waals surface area contributed by atoms with Crippen LogP contribution in [0.1, 0.15) is 180 Å². The van der Waals surface area contributed by atoms with E-state index in [4.69, 9.17) is 14.7 Å². The van der Waals surface area contributed by atoms with E-state index in [1.165, 1.54) is 128 Å². The second kappa shape index (κ2) is 32.2. The molecule has 0 aliphatic rings. The van der Waals surface area contributed by atoms with Crippen molar-refractivity contribution in [3.05, 3.63) is 0 Å². The first-order chi connectivity index (χ1) is 19.1. The number of hydrogen-bond acceptors (Lipinski definition) is 5. The van der Waals surface area contributed by atoms with Gasteiger partial charge in [0.15, 0.2) is 5.52 Å². The molecule has 6 heteroatoms. The Bertz CT molecular complexity index is 528. The molecule has 5 nitrogen and oxygen atoms in total. The normalized spacial score (nSPS) is 12.5. The van der Waals surface area contributed by atoms with Gasteiger partial charge < -0.3 is 14.7 Å². The third-order valence-corrected chi connectivity index (χ3v) is 8.38. The van der Waals surface area contributed by atoms with E-state index < -0.39 is 6.10 Å². The molecule has 0 saturated heterocycles. The zero-order valence-electron chi connectivity index (χ0n) is 25.7. The number of rotatable bonds is 33. The highest BCUT2D eigenvalue weighted by Gasteiger charge is 2.06. The van der Waals surface area contributed by atoms with Gasteiger partial charge in [-0.3, -0.25) is 9.59 Å². The monoisotopic (exact) mass is 572 g/mol. The molecule has 0 fully saturated rings. The Labute approximate surface area is 243 Å². The Hall–Kier alpha value is -0.350. The van der Waals surface area contributed by atoms with Crippen LogP contribution in [-0.2, 0) is 14.1 Å². The number of aliphatic hydroxyl groups excluding tert-OH is 2. The van der Waals surface area contributed by atoms with Gasteiger partial charge in [-0.25, -0.2) is 0 Å². The molecule has 232 valence electrons. The molecule has 2 N–H and O–H groups in total. The number of ketones is 1. The van der Waals surface area contributed by atoms with Crippen molar-refractivity contribution >= 4 is 20.1 Å². The lowest BCUT2D eigenvalue weighted by molar-refractivity contribution is -0.119. The zero-order valence-corrected chi connectivity index (χ0v) is 26.7. The topological polar surface area (TPSA) is 83.8 Å². The summed E-state index contributed by atoms with van der Waals surface area (Å²) in [5, 5.41) is 17.9. The fourth-order valence-corrected chi connectivity index (χ4v) is 5.70. The van der Waals surface area contributed by atoms with Crippen LogP contribution in [0.5, 0.6) is 0 Å². The summed E-state index contributed by atoms with van der Waals surface area (Å²) in [4.78, 5) is 23.8. The third kappa shape index (κ3) is 32.0. The molecule has 0 radical (unpaired) electrons. The molecule has 0 spiro atoms. The molecule has 0 aliphatic carbocycles. The van der Waals surface area contributed by atoms with Crippen LogP contribution in [0.3, 0.4) is 0 Å². The molecule has 0 rings (SSSR count). The van der Waals surface area contributed by atoms with Gasteiger partial charge in [-0.15, -0.1) is 0 Å². The van der Waals surface area contributed by atoms with Crippen molar-refractivity contribution in [2.75, 3.05) is 13.2 Å². The van der Waals surface area contributed by atoms with Crippen LogP contribution < -0.4 is 0 Å². The second-order valence-corrected chi connectivity index (χ2v) is 12.6. The number of aliphatic hydroxyl groups is 2. The van der Waals surface area contributed by atoms with Crippen LogP contribution in [0, 0.1) is 0 Å². The minimum atomic E-state index is -0.888. The van der Waals surface area contributed by atoms with Gasteiger partial charge in [-0.05, 0) is 19.3 Å². The highest BCUT2D eigenvalue weighted by molar-refractivity contribution is 7.53. The van der Waals surface area contributed by atoms with Gasteiger partial charge in [-0.2, -0.15) is 0 Å². The van der Waals surface area contributed by atoms with E-state index in [0.29, 0.717) is 12.2 Å². The average molecular weight is 573 g/mol. The van der Waals surface area contributed by atoms with E-state index in [1.54, 1.807) is 0 Å². The first-order valence-electron chi connectivity index (χ1n) is 16.8. The Kier molecular flexibility index (Phi) is 31.9. The number of carbonyl (C=O) groups is 2. The summed E-state index contributed by atoms with van der Waals surface area (Å²) in [5.74, 6) is 0.488. The molecule has 39 heavy (non-hydrogen) atoms. The number of unbranched alkanes of at least 4 members (excludes halogenated alkanes) is 22. The summed E-state index contributed by atoms with van der Waals surface area (Å²) >= 11 is 0. The quantitative estimate of drug-likeness (QED) is 0.0604. The minimum absolute atomic E-state index is 0.0290. The highest BCUT2D eigenvalue weighted by Crippen LogP contribution is 2.19. The molecule has 0 saturated carbocycles. The maximum absolute atomic E-state index is 12.1. The van der Waals surface area contributed by atoms with E-state index >= 15 is 0 Å². The fraction of sp³-hybridized carbons (Fsp3) is 0.939. The average Bonchev–Trinajstić information content (AvgIpc) is 2.93. The number of carbonyl (C=O) groups excluding carboxylic acids is 2. The summed E-state index contributed by atoms with van der Waals surface area (Å²) in [6, 6.07) is 0. The smallest absolute Gasteiger partial charge is 0.178 e. The van der Waals surface area contributed by atoms with E-state index in [9.17, 15) is 9.59 Å². The van der Waals surface area contributed by atoms with Gasteiger partial charge in [0.25, 0.3) is 0 Å². The Balaban J connectivity index is 3.21. The van der Waals surface area contributed by atoms with Crippen molar-refractivity contribution in [2.24, 2.45) is 0 Å². The molecule has 0 aromatic carbocycles. The maximum atomic E-state index is 12.1. The molecule has 0 aromatic rings. The third-order valence-electron chi connectivity index (χ3n) is 7.59. The van der Waals surface area contributed by atoms with Crippen molar-refractivity contribution in [3.63, 3.8) is 0 Å². The molecule has 0 bridgehead atoms. The van der Waals surface area contributed by atoms with Crippen LogP contribution in [0.25, 0.3) is 0 Å². The van der Waals surface area contributed by atoms with Gasteiger partial charge in [0, 0.05) is 19.3 Å². The van der Waals surface area contributed by atoms with Gasteiger partial charge >= 0.3 is 0 Å². The lowest BCUT2D eigenvalue weighted by Gasteiger charge is -2.07. The Morgan fingerprint density at radius 2 is 0.897 bits per heavy atom. The van der Waals surface area contributed by atoms with Crippen LogP contribution in [0.2, 0.25) is 0 Å². The summed E-state index contributed by atoms with van der Waals surface area (Å²) in [7, 11) is -0.215. The first kappa shape index (κ1) is 38.6. The SMILES string of the molecule is CCCCCCCCCCCCCC(=O)CCCCCCCCCCCCCCCC(=O)POCC(O)CO. The van der Waals surface area contributed by atoms with Crippen molar-refractivity contribution in [2.45, 2.75) is 186 Å². The molecule has 0 amide bonds. The fourth-order valence-electron chi connectivity index (χ4n) is 4.99. The Morgan fingerprint density at radius 1 is 0.564 bits per heavy atom. The van der Waals surface area contributed by atoms with E-state index in [0.717, 1.165) is 38.5 Å². The first-order valence-corrected chi connectivity index (χ1v) is 17.7. The van der Waals surface area contributed by atoms with Crippen LogP contribution in [0.15, 0.2) is 0 Å². The maximum Gasteiger partial charge on any atom is 0.178 e. The van der Waals surface area contributed by atoms with E-state index in [-0.39, 0.29) is 27.5 Å².